The number of hydrogen-bond acceptors (Lipinski definition) is 1. The van der Waals surface area contributed by atoms with Crippen LogP contribution in [-0.4, -0.2) is 6.29 Å². The minimum Gasteiger partial charge on any atom is -0.303 e. The van der Waals surface area contributed by atoms with E-state index in [1.807, 2.05) is 0 Å². The van der Waals surface area contributed by atoms with Crippen molar-refractivity contribution in [2.75, 3.05) is 0 Å². The van der Waals surface area contributed by atoms with Gasteiger partial charge in [0.2, 0.25) is 0 Å². The van der Waals surface area contributed by atoms with E-state index >= 15 is 0 Å². The Morgan fingerprint density at radius 2 is 1.75 bits per heavy atom. The van der Waals surface area contributed by atoms with E-state index in [9.17, 15) is 4.79 Å². The Morgan fingerprint density at radius 3 is 2.19 bits per heavy atom. The van der Waals surface area contributed by atoms with Crippen molar-refractivity contribution < 1.29 is 4.79 Å². The molecule has 1 aromatic rings. The smallest absolute Gasteiger partial charge is 0.120 e. The molecule has 1 atom stereocenters. The zero-order valence-electron chi connectivity index (χ0n) is 10.8. The second-order valence-corrected chi connectivity index (χ2v) is 5.78. The lowest BCUT2D eigenvalue weighted by Crippen LogP contribution is -2.09. The topological polar surface area (TPSA) is 17.1 Å². The minimum absolute atomic E-state index is 0.329. The Hall–Kier alpha value is -1.11. The van der Waals surface area contributed by atoms with Crippen LogP contribution in [0.2, 0.25) is 0 Å². The summed E-state index contributed by atoms with van der Waals surface area (Å²) in [7, 11) is 0. The van der Waals surface area contributed by atoms with Crippen LogP contribution in [0.3, 0.4) is 0 Å². The van der Waals surface area contributed by atoms with Crippen molar-refractivity contribution in [3.05, 3.63) is 35.4 Å². The van der Waals surface area contributed by atoms with Gasteiger partial charge in [-0.2, -0.15) is 0 Å². The van der Waals surface area contributed by atoms with Gasteiger partial charge in [0.1, 0.15) is 6.29 Å². The molecule has 0 saturated heterocycles. The average molecular weight is 218 g/mol. The fourth-order valence-corrected chi connectivity index (χ4v) is 1.86. The highest BCUT2D eigenvalue weighted by Crippen LogP contribution is 2.23. The van der Waals surface area contributed by atoms with Gasteiger partial charge < -0.3 is 4.79 Å². The van der Waals surface area contributed by atoms with E-state index in [4.69, 9.17) is 0 Å². The largest absolute Gasteiger partial charge is 0.303 e. The Bertz CT molecular complexity index is 329. The highest BCUT2D eigenvalue weighted by Gasteiger charge is 2.11. The van der Waals surface area contributed by atoms with Crippen LogP contribution in [0.4, 0.5) is 0 Å². The second-order valence-electron chi connectivity index (χ2n) is 5.78. The maximum atomic E-state index is 10.4. The van der Waals surface area contributed by atoms with Gasteiger partial charge >= 0.3 is 0 Å². The number of carbonyl (C=O) groups excluding carboxylic acids is 1. The van der Waals surface area contributed by atoms with E-state index in [-0.39, 0.29) is 0 Å². The van der Waals surface area contributed by atoms with Crippen LogP contribution in [-0.2, 0) is 11.2 Å². The van der Waals surface area contributed by atoms with Crippen molar-refractivity contribution in [3.8, 4) is 0 Å². The lowest BCUT2D eigenvalue weighted by Gasteiger charge is -2.18. The molecule has 88 valence electrons. The molecule has 1 rings (SSSR count). The van der Waals surface area contributed by atoms with Gasteiger partial charge in [0, 0.05) is 6.42 Å². The van der Waals surface area contributed by atoms with Gasteiger partial charge in [-0.15, -0.1) is 0 Å². The van der Waals surface area contributed by atoms with Crippen molar-refractivity contribution in [2.45, 2.75) is 46.5 Å². The summed E-state index contributed by atoms with van der Waals surface area (Å²) in [5.74, 6) is 0.334. The standard InChI is InChI=1S/C15H22O/c1-12(9-10-16)14-7-5-13(6-8-14)11-15(2,3)4/h5-8,10,12H,9,11H2,1-4H3. The van der Waals surface area contributed by atoms with Gasteiger partial charge in [0.15, 0.2) is 0 Å². The third-order valence-electron chi connectivity index (χ3n) is 2.73. The lowest BCUT2D eigenvalue weighted by atomic mass is 9.87. The number of benzene rings is 1. The lowest BCUT2D eigenvalue weighted by molar-refractivity contribution is -0.108. The first-order valence-corrected chi connectivity index (χ1v) is 5.95. The minimum atomic E-state index is 0.329. The first kappa shape index (κ1) is 13.0. The molecule has 1 aromatic carbocycles. The van der Waals surface area contributed by atoms with Gasteiger partial charge in [-0.05, 0) is 28.9 Å². The fourth-order valence-electron chi connectivity index (χ4n) is 1.86. The zero-order valence-corrected chi connectivity index (χ0v) is 10.8. The third-order valence-corrected chi connectivity index (χ3v) is 2.73. The Balaban J connectivity index is 2.71. The second kappa shape index (κ2) is 5.29. The molecular weight excluding hydrogens is 196 g/mol. The number of carbonyl (C=O) groups is 1. The molecule has 0 aliphatic carbocycles. The third kappa shape index (κ3) is 4.18. The molecule has 1 unspecified atom stereocenters. The molecule has 0 bridgehead atoms. The van der Waals surface area contributed by atoms with Gasteiger partial charge in [-0.25, -0.2) is 0 Å². The molecule has 0 radical (unpaired) electrons. The average Bonchev–Trinajstić information content (AvgIpc) is 2.16. The van der Waals surface area contributed by atoms with E-state index in [1.54, 1.807) is 0 Å². The van der Waals surface area contributed by atoms with Crippen LogP contribution in [0.1, 0.15) is 51.2 Å². The molecular formula is C15H22O. The van der Waals surface area contributed by atoms with E-state index in [1.165, 1.54) is 11.1 Å². The Kier molecular flexibility index (Phi) is 4.28. The summed E-state index contributed by atoms with van der Waals surface area (Å²) >= 11 is 0. The first-order chi connectivity index (χ1) is 7.42. The quantitative estimate of drug-likeness (QED) is 0.699. The van der Waals surface area contributed by atoms with Crippen molar-refractivity contribution in [2.24, 2.45) is 5.41 Å². The van der Waals surface area contributed by atoms with E-state index in [0.717, 1.165) is 12.7 Å². The van der Waals surface area contributed by atoms with Crippen LogP contribution in [0.25, 0.3) is 0 Å². The van der Waals surface area contributed by atoms with Crippen molar-refractivity contribution in [1.82, 2.24) is 0 Å². The van der Waals surface area contributed by atoms with Crippen molar-refractivity contribution in [3.63, 3.8) is 0 Å². The van der Waals surface area contributed by atoms with Gasteiger partial charge in [0.25, 0.3) is 0 Å². The van der Waals surface area contributed by atoms with Gasteiger partial charge in [-0.1, -0.05) is 52.0 Å². The molecule has 16 heavy (non-hydrogen) atoms. The maximum Gasteiger partial charge on any atom is 0.120 e. The predicted octanol–water partition coefficient (Wildman–Crippen LogP) is 3.97. The normalized spacial score (nSPS) is 13.5. The van der Waals surface area contributed by atoms with E-state index in [2.05, 4.69) is 52.0 Å². The number of aldehydes is 1. The van der Waals surface area contributed by atoms with Crippen LogP contribution >= 0.6 is 0 Å². The summed E-state index contributed by atoms with van der Waals surface area (Å²) in [4.78, 5) is 10.4. The number of hydrogen-bond donors (Lipinski definition) is 0. The summed E-state index contributed by atoms with van der Waals surface area (Å²) in [5.41, 5.74) is 2.95. The molecule has 0 fully saturated rings. The molecule has 0 aromatic heterocycles. The summed E-state index contributed by atoms with van der Waals surface area (Å²) < 4.78 is 0. The van der Waals surface area contributed by atoms with Gasteiger partial charge in [-0.3, -0.25) is 0 Å². The summed E-state index contributed by atoms with van der Waals surface area (Å²) in [6.07, 6.45) is 2.70. The molecule has 0 N–H and O–H groups in total. The molecule has 1 heteroatoms. The van der Waals surface area contributed by atoms with Crippen molar-refractivity contribution >= 4 is 6.29 Å². The molecule has 1 nitrogen and oxygen atoms in total. The first-order valence-electron chi connectivity index (χ1n) is 5.95. The molecule has 0 amide bonds. The maximum absolute atomic E-state index is 10.4. The highest BCUT2D eigenvalue weighted by atomic mass is 16.1. The van der Waals surface area contributed by atoms with Gasteiger partial charge in [0.05, 0.1) is 0 Å². The van der Waals surface area contributed by atoms with Crippen LogP contribution in [0.5, 0.6) is 0 Å². The highest BCUT2D eigenvalue weighted by molar-refractivity contribution is 5.51. The molecule has 0 saturated carbocycles. The summed E-state index contributed by atoms with van der Waals surface area (Å²) in [6.45, 7) is 8.83. The zero-order chi connectivity index (χ0) is 12.2. The Morgan fingerprint density at radius 1 is 1.19 bits per heavy atom. The SMILES string of the molecule is CC(CC=O)c1ccc(CC(C)(C)C)cc1. The van der Waals surface area contributed by atoms with Crippen molar-refractivity contribution in [1.29, 1.82) is 0 Å². The fraction of sp³-hybridized carbons (Fsp3) is 0.533. The van der Waals surface area contributed by atoms with E-state index in [0.29, 0.717) is 17.8 Å². The summed E-state index contributed by atoms with van der Waals surface area (Å²) in [6, 6.07) is 8.66. The molecule has 0 aliphatic rings. The van der Waals surface area contributed by atoms with Crippen LogP contribution in [0.15, 0.2) is 24.3 Å². The van der Waals surface area contributed by atoms with E-state index < -0.39 is 0 Å². The Labute approximate surface area is 98.9 Å². The van der Waals surface area contributed by atoms with Crippen LogP contribution < -0.4 is 0 Å². The molecule has 0 aliphatic heterocycles. The summed E-state index contributed by atoms with van der Waals surface area (Å²) in [5, 5.41) is 0. The molecule has 0 heterocycles. The van der Waals surface area contributed by atoms with Crippen LogP contribution in [0, 0.1) is 5.41 Å². The predicted molar refractivity (Wildman–Crippen MR) is 68.7 cm³/mol. The monoisotopic (exact) mass is 218 g/mol. The number of rotatable bonds is 4. The molecule has 0 spiro atoms.